The van der Waals surface area contributed by atoms with Gasteiger partial charge >= 0.3 is 12.0 Å². The molecule has 0 aliphatic carbocycles. The number of hydrogen-bond acceptors (Lipinski definition) is 5. The summed E-state index contributed by atoms with van der Waals surface area (Å²) in [5.41, 5.74) is 10.0. The van der Waals surface area contributed by atoms with Gasteiger partial charge in [0.05, 0.1) is 0 Å². The third-order valence-electron chi connectivity index (χ3n) is 0.406. The van der Waals surface area contributed by atoms with Crippen LogP contribution in [-0.4, -0.2) is 12.0 Å². The van der Waals surface area contributed by atoms with Crippen molar-refractivity contribution in [1.82, 2.24) is 0 Å². The van der Waals surface area contributed by atoms with E-state index in [1.165, 1.54) is 0 Å². The number of rotatable bonds is 0. The first-order valence-electron chi connectivity index (χ1n) is 1.83. The van der Waals surface area contributed by atoms with Crippen LogP contribution in [0, 0.1) is 0 Å². The lowest BCUT2D eigenvalue weighted by molar-refractivity contribution is 0.532. The van der Waals surface area contributed by atoms with Crippen LogP contribution in [0.1, 0.15) is 0 Å². The molecule has 0 aromatic carbocycles. The molecule has 52 valence electrons. The van der Waals surface area contributed by atoms with E-state index in [9.17, 15) is 0 Å². The number of hydrogen-bond donors (Lipinski definition) is 4. The van der Waals surface area contributed by atoms with Crippen molar-refractivity contribution in [3.8, 4) is 0 Å². The van der Waals surface area contributed by atoms with Crippen LogP contribution in [0.2, 0.25) is 0 Å². The van der Waals surface area contributed by atoms with Gasteiger partial charge in [0.25, 0.3) is 0 Å². The molecule has 0 saturated carbocycles. The van der Waals surface area contributed by atoms with Gasteiger partial charge < -0.3 is 16.2 Å². The van der Waals surface area contributed by atoms with Gasteiger partial charge in [0.2, 0.25) is 0 Å². The first-order chi connectivity index (χ1) is 4.20. The third-order valence-corrected chi connectivity index (χ3v) is 0.800. The van der Waals surface area contributed by atoms with Gasteiger partial charge in [-0.2, -0.15) is 8.80 Å². The van der Waals surface area contributed by atoms with Crippen molar-refractivity contribution >= 4 is 37.7 Å². The molecular weight excluding hydrogens is 160 g/mol. The van der Waals surface area contributed by atoms with Crippen LogP contribution in [0.25, 0.3) is 0 Å². The van der Waals surface area contributed by atoms with Crippen LogP contribution in [-0.2, 0) is 4.74 Å². The Bertz CT molecular complexity index is 128. The van der Waals surface area contributed by atoms with Crippen molar-refractivity contribution in [1.29, 1.82) is 0 Å². The highest BCUT2D eigenvalue weighted by atomic mass is 32.1. The molecule has 0 aromatic heterocycles. The summed E-state index contributed by atoms with van der Waals surface area (Å²) in [5, 5.41) is 0. The van der Waals surface area contributed by atoms with E-state index in [0.717, 1.165) is 0 Å². The zero-order chi connectivity index (χ0) is 7.28. The predicted octanol–water partition coefficient (Wildman–Crippen LogP) is -0.678. The second-order valence-electron chi connectivity index (χ2n) is 0.979. The molecule has 0 heterocycles. The van der Waals surface area contributed by atoms with Gasteiger partial charge in [0, 0.05) is 0 Å². The van der Waals surface area contributed by atoms with E-state index in [2.05, 4.69) is 39.2 Å². The molecular formula is C2H6N4OS2. The van der Waals surface area contributed by atoms with Crippen LogP contribution in [0.3, 0.4) is 0 Å². The number of nitrogens with two attached hydrogens (primary N) is 2. The minimum absolute atomic E-state index is 0.173. The molecule has 0 saturated heterocycles. The quantitative estimate of drug-likeness (QED) is 0.218. The Morgan fingerprint density at radius 3 is 1.67 bits per heavy atom. The summed E-state index contributed by atoms with van der Waals surface area (Å²) in [5.74, 6) is 0. The van der Waals surface area contributed by atoms with E-state index >= 15 is 0 Å². The Morgan fingerprint density at radius 1 is 1.11 bits per heavy atom. The lowest BCUT2D eigenvalue weighted by Crippen LogP contribution is -2.25. The maximum atomic E-state index is 5.01. The fraction of sp³-hybridized carbons (Fsp3) is 0. The van der Waals surface area contributed by atoms with E-state index in [4.69, 9.17) is 11.5 Å². The summed E-state index contributed by atoms with van der Waals surface area (Å²) in [6.07, 6.45) is 0. The van der Waals surface area contributed by atoms with Crippen LogP contribution in [0.4, 0.5) is 0 Å². The van der Waals surface area contributed by atoms with Crippen LogP contribution in [0.5, 0.6) is 0 Å². The third kappa shape index (κ3) is 3.98. The fourth-order valence-electron chi connectivity index (χ4n) is 0.148. The van der Waals surface area contributed by atoms with Gasteiger partial charge in [-0.15, -0.1) is 0 Å². The summed E-state index contributed by atoms with van der Waals surface area (Å²) >= 11 is 6.86. The van der Waals surface area contributed by atoms with Gasteiger partial charge in [-0.25, -0.2) is 0 Å². The molecule has 7 heteroatoms. The van der Waals surface area contributed by atoms with E-state index in [0.29, 0.717) is 0 Å². The first kappa shape index (κ1) is 8.44. The minimum atomic E-state index is -0.173. The zero-order valence-corrected chi connectivity index (χ0v) is 6.14. The molecule has 0 unspecified atom stereocenters. The van der Waals surface area contributed by atoms with E-state index in [-0.39, 0.29) is 12.0 Å². The number of amidine groups is 2. The van der Waals surface area contributed by atoms with Gasteiger partial charge in [0.15, 0.2) is 0 Å². The van der Waals surface area contributed by atoms with Gasteiger partial charge in [-0.3, -0.25) is 0 Å². The number of nitrogens with zero attached hydrogens (tertiary/aromatic N) is 2. The van der Waals surface area contributed by atoms with Crippen molar-refractivity contribution in [2.24, 2.45) is 20.3 Å². The Labute approximate surface area is 63.3 Å². The summed E-state index contributed by atoms with van der Waals surface area (Å²) < 4.78 is 10.7. The molecule has 5 nitrogen and oxygen atoms in total. The maximum Gasteiger partial charge on any atom is 0.301 e. The molecule has 0 radical (unpaired) electrons. The summed E-state index contributed by atoms with van der Waals surface area (Å²) in [6.45, 7) is 0. The van der Waals surface area contributed by atoms with Crippen molar-refractivity contribution in [3.05, 3.63) is 0 Å². The molecule has 0 amide bonds. The normalized spacial score (nSPS) is 13.6. The number of ether oxygens (including phenoxy) is 1. The van der Waals surface area contributed by atoms with Gasteiger partial charge in [-0.1, -0.05) is 0 Å². The summed E-state index contributed by atoms with van der Waals surface area (Å²) in [4.78, 5) is 0. The average Bonchev–Trinajstić information content (AvgIpc) is 1.87. The second-order valence-corrected chi connectivity index (χ2v) is 1.38. The Kier molecular flexibility index (Phi) is 4.06. The molecule has 0 aliphatic heterocycles. The monoisotopic (exact) mass is 166 g/mol. The molecule has 0 fully saturated rings. The lowest BCUT2D eigenvalue weighted by Gasteiger charge is -1.97. The molecule has 0 aliphatic rings. The highest BCUT2D eigenvalue weighted by Crippen LogP contribution is 1.81. The summed E-state index contributed by atoms with van der Waals surface area (Å²) in [7, 11) is 0. The maximum absolute atomic E-state index is 5.01. The highest BCUT2D eigenvalue weighted by molar-refractivity contribution is 7.79. The highest BCUT2D eigenvalue weighted by Gasteiger charge is 1.93. The Balaban J connectivity index is 3.75. The molecule has 0 atom stereocenters. The molecule has 9 heavy (non-hydrogen) atoms. The largest absolute Gasteiger partial charge is 0.391 e. The molecule has 0 spiro atoms. The second kappa shape index (κ2) is 4.33. The van der Waals surface area contributed by atoms with E-state index in [1.54, 1.807) is 0 Å². The minimum Gasteiger partial charge on any atom is -0.391 e. The van der Waals surface area contributed by atoms with Gasteiger partial charge in [0.1, 0.15) is 0 Å². The van der Waals surface area contributed by atoms with Crippen molar-refractivity contribution in [2.75, 3.05) is 0 Å². The van der Waals surface area contributed by atoms with Gasteiger partial charge in [-0.05, 0) is 25.6 Å². The SMILES string of the molecule is N/C(=N\S)O/C(N)=N/S. The predicted molar refractivity (Wildman–Crippen MR) is 42.3 cm³/mol. The fourth-order valence-corrected chi connectivity index (χ4v) is 0.230. The summed E-state index contributed by atoms with van der Waals surface area (Å²) in [6, 6.07) is -0.345. The van der Waals surface area contributed by atoms with Crippen molar-refractivity contribution in [2.45, 2.75) is 0 Å². The van der Waals surface area contributed by atoms with Crippen LogP contribution in [0.15, 0.2) is 8.80 Å². The van der Waals surface area contributed by atoms with Crippen LogP contribution < -0.4 is 11.5 Å². The number of thiol groups is 2. The first-order valence-corrected chi connectivity index (χ1v) is 2.63. The molecule has 0 aromatic rings. The molecule has 0 rings (SSSR count). The van der Waals surface area contributed by atoms with Crippen LogP contribution >= 0.6 is 25.6 Å². The van der Waals surface area contributed by atoms with Crippen molar-refractivity contribution in [3.63, 3.8) is 0 Å². The topological polar surface area (TPSA) is 86.0 Å². The van der Waals surface area contributed by atoms with E-state index in [1.807, 2.05) is 0 Å². The zero-order valence-electron chi connectivity index (χ0n) is 4.35. The lowest BCUT2D eigenvalue weighted by atomic mass is 11.1. The average molecular weight is 166 g/mol. The van der Waals surface area contributed by atoms with Crippen molar-refractivity contribution < 1.29 is 4.74 Å². The Hall–Kier alpha value is -0.560. The van der Waals surface area contributed by atoms with E-state index < -0.39 is 0 Å². The standard InChI is InChI=1S/C2H6N4OS2/c3-1(5-8)7-2(4)6-9/h8-9H,(H2,3,5)(H2,4,6). The smallest absolute Gasteiger partial charge is 0.301 e. The Morgan fingerprint density at radius 2 is 1.44 bits per heavy atom. The molecule has 4 N–H and O–H groups in total. The molecule has 0 bridgehead atoms.